The Balaban J connectivity index is 1.77. The molecule has 0 aromatic carbocycles. The van der Waals surface area contributed by atoms with Gasteiger partial charge in [-0.3, -0.25) is 4.79 Å². The third kappa shape index (κ3) is 4.02. The van der Waals surface area contributed by atoms with Crippen molar-refractivity contribution in [2.45, 2.75) is 35.9 Å². The topological polar surface area (TPSA) is 66.5 Å². The van der Waals surface area contributed by atoms with Crippen LogP contribution in [0.1, 0.15) is 25.7 Å². The number of thiophene rings is 1. The summed E-state index contributed by atoms with van der Waals surface area (Å²) < 4.78 is 25.8. The first-order valence-corrected chi connectivity index (χ1v) is 8.61. The van der Waals surface area contributed by atoms with E-state index in [9.17, 15) is 13.2 Å². The molecule has 0 saturated heterocycles. The predicted octanol–water partition coefficient (Wildman–Crippen LogP) is 1.43. The molecule has 0 unspecified atom stereocenters. The molecule has 1 aliphatic carbocycles. The number of hydrogen-bond acceptors (Lipinski definition) is 4. The Labute approximate surface area is 117 Å². The summed E-state index contributed by atoms with van der Waals surface area (Å²) in [5.74, 6) is 0.0180. The molecule has 2 rings (SSSR count). The van der Waals surface area contributed by atoms with Crippen LogP contribution in [-0.2, 0) is 14.8 Å². The maximum atomic E-state index is 12.1. The second-order valence-corrected chi connectivity index (χ2v) is 7.92. The van der Waals surface area contributed by atoms with Gasteiger partial charge in [-0.2, -0.15) is 0 Å². The van der Waals surface area contributed by atoms with Gasteiger partial charge in [-0.15, -0.1) is 11.3 Å². The summed E-state index contributed by atoms with van der Waals surface area (Å²) in [6.45, 7) is 0.359. The fourth-order valence-corrected chi connectivity index (χ4v) is 4.08. The van der Waals surface area contributed by atoms with E-state index in [1.807, 2.05) is 0 Å². The van der Waals surface area contributed by atoms with Gasteiger partial charge in [0.15, 0.2) is 0 Å². The molecule has 0 bridgehead atoms. The fraction of sp³-hybridized carbons (Fsp3) is 0.583. The molecule has 5 nitrogen and oxygen atoms in total. The Hall–Kier alpha value is -0.920. The Morgan fingerprint density at radius 1 is 1.53 bits per heavy atom. The van der Waals surface area contributed by atoms with Crippen molar-refractivity contribution >= 4 is 27.3 Å². The molecule has 1 amide bonds. The smallest absolute Gasteiger partial charge is 0.252 e. The third-order valence-electron chi connectivity index (χ3n) is 2.98. The van der Waals surface area contributed by atoms with Crippen molar-refractivity contribution in [2.75, 3.05) is 13.6 Å². The monoisotopic (exact) mass is 302 g/mol. The van der Waals surface area contributed by atoms with E-state index in [4.69, 9.17) is 0 Å². The molecule has 1 heterocycles. The first kappa shape index (κ1) is 14.5. The van der Waals surface area contributed by atoms with Crippen LogP contribution >= 0.6 is 11.3 Å². The number of nitrogens with zero attached hydrogens (tertiary/aromatic N) is 1. The molecular formula is C12H18N2O3S2. The lowest BCUT2D eigenvalue weighted by atomic mass is 10.3. The molecule has 19 heavy (non-hydrogen) atoms. The van der Waals surface area contributed by atoms with Crippen molar-refractivity contribution in [1.82, 2.24) is 9.62 Å². The van der Waals surface area contributed by atoms with Crippen LogP contribution in [0.2, 0.25) is 0 Å². The van der Waals surface area contributed by atoms with E-state index in [1.165, 1.54) is 15.6 Å². The summed E-state index contributed by atoms with van der Waals surface area (Å²) in [5.41, 5.74) is 0. The summed E-state index contributed by atoms with van der Waals surface area (Å²) in [7, 11) is -1.83. The van der Waals surface area contributed by atoms with Gasteiger partial charge in [0.05, 0.1) is 0 Å². The lowest BCUT2D eigenvalue weighted by Crippen LogP contribution is -2.29. The second-order valence-electron chi connectivity index (χ2n) is 4.70. The molecule has 1 saturated carbocycles. The summed E-state index contributed by atoms with van der Waals surface area (Å²) in [6.07, 6.45) is 3.05. The van der Waals surface area contributed by atoms with E-state index in [0.29, 0.717) is 29.6 Å². The molecule has 106 valence electrons. The van der Waals surface area contributed by atoms with Gasteiger partial charge in [-0.25, -0.2) is 12.7 Å². The van der Waals surface area contributed by atoms with Gasteiger partial charge in [0.2, 0.25) is 5.91 Å². The first-order chi connectivity index (χ1) is 9.00. The van der Waals surface area contributed by atoms with Crippen LogP contribution in [0.15, 0.2) is 21.7 Å². The van der Waals surface area contributed by atoms with Crippen LogP contribution < -0.4 is 5.32 Å². The summed E-state index contributed by atoms with van der Waals surface area (Å²) in [5, 5.41) is 4.63. The highest BCUT2D eigenvalue weighted by Crippen LogP contribution is 2.20. The van der Waals surface area contributed by atoms with Gasteiger partial charge in [0.1, 0.15) is 4.21 Å². The highest BCUT2D eigenvalue weighted by atomic mass is 32.2. The summed E-state index contributed by atoms with van der Waals surface area (Å²) in [4.78, 5) is 11.5. The Morgan fingerprint density at radius 2 is 2.26 bits per heavy atom. The van der Waals surface area contributed by atoms with Gasteiger partial charge in [-0.1, -0.05) is 6.07 Å². The van der Waals surface area contributed by atoms with E-state index in [0.717, 1.165) is 12.8 Å². The molecule has 1 aliphatic rings. The zero-order valence-electron chi connectivity index (χ0n) is 10.8. The van der Waals surface area contributed by atoms with Crippen LogP contribution in [-0.4, -0.2) is 38.3 Å². The van der Waals surface area contributed by atoms with Crippen molar-refractivity contribution in [3.8, 4) is 0 Å². The van der Waals surface area contributed by atoms with Crippen molar-refractivity contribution in [3.05, 3.63) is 17.5 Å². The van der Waals surface area contributed by atoms with Crippen LogP contribution in [0.3, 0.4) is 0 Å². The standard InChI is InChI=1S/C12H18N2O3S2/c1-14(19(16,17)12-5-3-9-18-12)8-2-4-11(15)13-10-6-7-10/h3,5,9-10H,2,4,6-8H2,1H3,(H,13,15). The van der Waals surface area contributed by atoms with E-state index in [-0.39, 0.29) is 5.91 Å². The van der Waals surface area contributed by atoms with Crippen molar-refractivity contribution in [2.24, 2.45) is 0 Å². The van der Waals surface area contributed by atoms with Crippen LogP contribution in [0.4, 0.5) is 0 Å². The van der Waals surface area contributed by atoms with Gasteiger partial charge < -0.3 is 5.32 Å². The highest BCUT2D eigenvalue weighted by Gasteiger charge is 2.24. The molecule has 0 aliphatic heterocycles. The minimum Gasteiger partial charge on any atom is -0.353 e. The van der Waals surface area contributed by atoms with Crippen LogP contribution in [0.25, 0.3) is 0 Å². The van der Waals surface area contributed by atoms with Gasteiger partial charge >= 0.3 is 0 Å². The molecule has 1 N–H and O–H groups in total. The number of nitrogens with one attached hydrogen (secondary N) is 1. The maximum absolute atomic E-state index is 12.1. The van der Waals surface area contributed by atoms with Crippen molar-refractivity contribution in [1.29, 1.82) is 0 Å². The van der Waals surface area contributed by atoms with Crippen LogP contribution in [0, 0.1) is 0 Å². The van der Waals surface area contributed by atoms with Gasteiger partial charge in [0, 0.05) is 26.1 Å². The average molecular weight is 302 g/mol. The Kier molecular flexibility index (Phi) is 4.59. The van der Waals surface area contributed by atoms with E-state index < -0.39 is 10.0 Å². The SMILES string of the molecule is CN(CCCC(=O)NC1CC1)S(=O)(=O)c1cccs1. The maximum Gasteiger partial charge on any atom is 0.252 e. The molecule has 0 spiro atoms. The lowest BCUT2D eigenvalue weighted by Gasteiger charge is -2.15. The predicted molar refractivity (Wildman–Crippen MR) is 74.5 cm³/mol. The Bertz CT molecular complexity index is 521. The number of carbonyl (C=O) groups is 1. The minimum atomic E-state index is -3.38. The largest absolute Gasteiger partial charge is 0.353 e. The normalized spacial score (nSPS) is 15.7. The molecule has 0 atom stereocenters. The number of amides is 1. The van der Waals surface area contributed by atoms with Crippen molar-refractivity contribution < 1.29 is 13.2 Å². The summed E-state index contributed by atoms with van der Waals surface area (Å²) >= 11 is 1.21. The second kappa shape index (κ2) is 6.02. The number of sulfonamides is 1. The zero-order valence-corrected chi connectivity index (χ0v) is 12.5. The lowest BCUT2D eigenvalue weighted by molar-refractivity contribution is -0.121. The molecule has 1 aromatic rings. The third-order valence-corrected chi connectivity index (χ3v) is 6.21. The average Bonchev–Trinajstić information content (AvgIpc) is 2.97. The Morgan fingerprint density at radius 3 is 2.84 bits per heavy atom. The zero-order chi connectivity index (χ0) is 13.9. The van der Waals surface area contributed by atoms with Gasteiger partial charge in [0.25, 0.3) is 10.0 Å². The molecule has 7 heteroatoms. The molecule has 1 aromatic heterocycles. The molecular weight excluding hydrogens is 284 g/mol. The number of carbonyl (C=O) groups excluding carboxylic acids is 1. The number of hydrogen-bond donors (Lipinski definition) is 1. The van der Waals surface area contributed by atoms with Crippen LogP contribution in [0.5, 0.6) is 0 Å². The molecule has 1 fully saturated rings. The highest BCUT2D eigenvalue weighted by molar-refractivity contribution is 7.91. The van der Waals surface area contributed by atoms with E-state index in [2.05, 4.69) is 5.32 Å². The van der Waals surface area contributed by atoms with Gasteiger partial charge in [-0.05, 0) is 30.7 Å². The quantitative estimate of drug-likeness (QED) is 0.828. The summed E-state index contributed by atoms with van der Waals surface area (Å²) in [6, 6.07) is 3.67. The first-order valence-electron chi connectivity index (χ1n) is 6.29. The number of rotatable bonds is 7. The fourth-order valence-electron chi connectivity index (χ4n) is 1.67. The van der Waals surface area contributed by atoms with E-state index >= 15 is 0 Å². The van der Waals surface area contributed by atoms with E-state index in [1.54, 1.807) is 24.6 Å². The minimum absolute atomic E-state index is 0.0180. The van der Waals surface area contributed by atoms with Crippen molar-refractivity contribution in [3.63, 3.8) is 0 Å². The molecule has 0 radical (unpaired) electrons.